The lowest BCUT2D eigenvalue weighted by Crippen LogP contribution is -2.40. The second kappa shape index (κ2) is 7.92. The molecule has 0 unspecified atom stereocenters. The largest absolute Gasteiger partial charge is 0.312 e. The molecular formula is C15H25N3O. The molecule has 0 saturated heterocycles. The van der Waals surface area contributed by atoms with Gasteiger partial charge in [0.15, 0.2) is 0 Å². The van der Waals surface area contributed by atoms with Gasteiger partial charge in [-0.25, -0.2) is 0 Å². The van der Waals surface area contributed by atoms with Gasteiger partial charge in [0.2, 0.25) is 5.91 Å². The van der Waals surface area contributed by atoms with Crippen molar-refractivity contribution in [3.05, 3.63) is 29.8 Å². The molecule has 1 aromatic carbocycles. The molecule has 1 rings (SSSR count). The number of nitrogens with one attached hydrogen (secondary N) is 1. The summed E-state index contributed by atoms with van der Waals surface area (Å²) >= 11 is 0. The molecule has 0 aliphatic rings. The Morgan fingerprint density at radius 3 is 2.63 bits per heavy atom. The Morgan fingerprint density at radius 2 is 2.05 bits per heavy atom. The molecule has 1 N–H and O–H groups in total. The van der Waals surface area contributed by atoms with E-state index in [0.29, 0.717) is 13.1 Å². The SMILES string of the molecule is CCN(C(=O)CNCCN(C)C)c1cccc(C)c1. The number of aryl methyl sites for hydroxylation is 1. The number of likely N-dealkylation sites (N-methyl/N-ethyl adjacent to an activating group) is 2. The fourth-order valence-corrected chi connectivity index (χ4v) is 1.89. The zero-order valence-corrected chi connectivity index (χ0v) is 12.4. The van der Waals surface area contributed by atoms with Gasteiger partial charge in [0.25, 0.3) is 0 Å². The van der Waals surface area contributed by atoms with Crippen LogP contribution in [-0.4, -0.2) is 51.1 Å². The minimum absolute atomic E-state index is 0.117. The molecule has 0 bridgehead atoms. The van der Waals surface area contributed by atoms with Crippen LogP contribution in [0.15, 0.2) is 24.3 Å². The number of carbonyl (C=O) groups is 1. The van der Waals surface area contributed by atoms with Crippen molar-refractivity contribution in [2.45, 2.75) is 13.8 Å². The van der Waals surface area contributed by atoms with Crippen molar-refractivity contribution in [1.82, 2.24) is 10.2 Å². The van der Waals surface area contributed by atoms with Gasteiger partial charge in [0, 0.05) is 25.3 Å². The number of hydrogen-bond donors (Lipinski definition) is 1. The third-order valence-electron chi connectivity index (χ3n) is 2.94. The smallest absolute Gasteiger partial charge is 0.240 e. The summed E-state index contributed by atoms with van der Waals surface area (Å²) in [5.41, 5.74) is 2.14. The fraction of sp³-hybridized carbons (Fsp3) is 0.533. The topological polar surface area (TPSA) is 35.6 Å². The number of benzene rings is 1. The van der Waals surface area contributed by atoms with Crippen molar-refractivity contribution in [3.8, 4) is 0 Å². The van der Waals surface area contributed by atoms with Crippen molar-refractivity contribution >= 4 is 11.6 Å². The number of nitrogens with zero attached hydrogens (tertiary/aromatic N) is 2. The molecule has 0 spiro atoms. The minimum Gasteiger partial charge on any atom is -0.312 e. The van der Waals surface area contributed by atoms with Gasteiger partial charge in [-0.1, -0.05) is 12.1 Å². The molecule has 4 nitrogen and oxygen atoms in total. The first kappa shape index (κ1) is 15.7. The highest BCUT2D eigenvalue weighted by molar-refractivity contribution is 5.94. The molecule has 0 aromatic heterocycles. The van der Waals surface area contributed by atoms with Crippen LogP contribution in [0.3, 0.4) is 0 Å². The average molecular weight is 263 g/mol. The molecule has 0 heterocycles. The zero-order valence-electron chi connectivity index (χ0n) is 12.4. The van der Waals surface area contributed by atoms with Gasteiger partial charge < -0.3 is 15.1 Å². The minimum atomic E-state index is 0.117. The zero-order chi connectivity index (χ0) is 14.3. The maximum Gasteiger partial charge on any atom is 0.240 e. The maximum absolute atomic E-state index is 12.2. The maximum atomic E-state index is 12.2. The summed E-state index contributed by atoms with van der Waals surface area (Å²) in [6, 6.07) is 8.05. The van der Waals surface area contributed by atoms with Crippen molar-refractivity contribution in [3.63, 3.8) is 0 Å². The van der Waals surface area contributed by atoms with E-state index in [1.807, 2.05) is 57.1 Å². The van der Waals surface area contributed by atoms with Crippen LogP contribution >= 0.6 is 0 Å². The van der Waals surface area contributed by atoms with Gasteiger partial charge >= 0.3 is 0 Å². The Morgan fingerprint density at radius 1 is 1.32 bits per heavy atom. The van der Waals surface area contributed by atoms with Crippen LogP contribution in [0.25, 0.3) is 0 Å². The summed E-state index contributed by atoms with van der Waals surface area (Å²) < 4.78 is 0. The lowest BCUT2D eigenvalue weighted by molar-refractivity contribution is -0.117. The molecule has 0 aliphatic heterocycles. The monoisotopic (exact) mass is 263 g/mol. The number of hydrogen-bond acceptors (Lipinski definition) is 3. The predicted octanol–water partition coefficient (Wildman–Crippen LogP) is 1.50. The quantitative estimate of drug-likeness (QED) is 0.757. The van der Waals surface area contributed by atoms with Gasteiger partial charge in [0.1, 0.15) is 0 Å². The van der Waals surface area contributed by atoms with Crippen molar-refractivity contribution < 1.29 is 4.79 Å². The van der Waals surface area contributed by atoms with Crippen LogP contribution in [0.1, 0.15) is 12.5 Å². The van der Waals surface area contributed by atoms with E-state index in [4.69, 9.17) is 0 Å². The highest BCUT2D eigenvalue weighted by Crippen LogP contribution is 2.15. The van der Waals surface area contributed by atoms with E-state index in [9.17, 15) is 4.79 Å². The fourth-order valence-electron chi connectivity index (χ4n) is 1.89. The summed E-state index contributed by atoms with van der Waals surface area (Å²) in [5, 5.41) is 3.18. The van der Waals surface area contributed by atoms with E-state index in [2.05, 4.69) is 10.2 Å². The Labute approximate surface area is 116 Å². The molecule has 1 aromatic rings. The number of amides is 1. The molecule has 106 valence electrons. The first-order valence-corrected chi connectivity index (χ1v) is 6.77. The second-order valence-electron chi connectivity index (χ2n) is 4.96. The molecule has 1 amide bonds. The molecule has 0 atom stereocenters. The van der Waals surface area contributed by atoms with E-state index in [1.165, 1.54) is 5.56 Å². The van der Waals surface area contributed by atoms with E-state index < -0.39 is 0 Å². The first-order valence-electron chi connectivity index (χ1n) is 6.77. The van der Waals surface area contributed by atoms with Gasteiger partial charge in [-0.3, -0.25) is 4.79 Å². The van der Waals surface area contributed by atoms with Crippen LogP contribution < -0.4 is 10.2 Å². The Balaban J connectivity index is 2.52. The molecule has 0 saturated carbocycles. The predicted molar refractivity (Wildman–Crippen MR) is 80.6 cm³/mol. The molecule has 4 heteroatoms. The Kier molecular flexibility index (Phi) is 6.53. The van der Waals surface area contributed by atoms with E-state index in [-0.39, 0.29) is 5.91 Å². The second-order valence-corrected chi connectivity index (χ2v) is 4.96. The number of rotatable bonds is 7. The molecule has 19 heavy (non-hydrogen) atoms. The average Bonchev–Trinajstić information content (AvgIpc) is 2.35. The highest BCUT2D eigenvalue weighted by Gasteiger charge is 2.13. The standard InChI is InChI=1S/C15H25N3O/c1-5-18(14-8-6-7-13(2)11-14)15(19)12-16-9-10-17(3)4/h6-8,11,16H,5,9-10,12H2,1-4H3. The van der Waals surface area contributed by atoms with Gasteiger partial charge in [-0.15, -0.1) is 0 Å². The van der Waals surface area contributed by atoms with E-state index in [1.54, 1.807) is 0 Å². The summed E-state index contributed by atoms with van der Waals surface area (Å²) in [4.78, 5) is 16.1. The van der Waals surface area contributed by atoms with Gasteiger partial charge in [0.05, 0.1) is 6.54 Å². The van der Waals surface area contributed by atoms with E-state index in [0.717, 1.165) is 18.8 Å². The normalized spacial score (nSPS) is 10.8. The number of carbonyl (C=O) groups excluding carboxylic acids is 1. The lowest BCUT2D eigenvalue weighted by atomic mass is 10.2. The van der Waals surface area contributed by atoms with Crippen molar-refractivity contribution in [2.75, 3.05) is 45.2 Å². The van der Waals surface area contributed by atoms with Crippen LogP contribution in [0.2, 0.25) is 0 Å². The Hall–Kier alpha value is -1.39. The summed E-state index contributed by atoms with van der Waals surface area (Å²) in [6.45, 7) is 6.87. The van der Waals surface area contributed by atoms with Crippen LogP contribution in [0.4, 0.5) is 5.69 Å². The van der Waals surface area contributed by atoms with Crippen LogP contribution in [0, 0.1) is 6.92 Å². The van der Waals surface area contributed by atoms with Gasteiger partial charge in [-0.05, 0) is 45.6 Å². The molecule has 0 aliphatic carbocycles. The lowest BCUT2D eigenvalue weighted by Gasteiger charge is -2.22. The van der Waals surface area contributed by atoms with Crippen molar-refractivity contribution in [1.29, 1.82) is 0 Å². The summed E-state index contributed by atoms with van der Waals surface area (Å²) in [5.74, 6) is 0.117. The molecular weight excluding hydrogens is 238 g/mol. The number of anilines is 1. The van der Waals surface area contributed by atoms with Crippen LogP contribution in [-0.2, 0) is 4.79 Å². The van der Waals surface area contributed by atoms with Crippen molar-refractivity contribution in [2.24, 2.45) is 0 Å². The summed E-state index contributed by atoms with van der Waals surface area (Å²) in [6.07, 6.45) is 0. The Bertz CT molecular complexity index is 404. The first-order chi connectivity index (χ1) is 9.04. The van der Waals surface area contributed by atoms with Gasteiger partial charge in [-0.2, -0.15) is 0 Å². The third kappa shape index (κ3) is 5.41. The highest BCUT2D eigenvalue weighted by atomic mass is 16.2. The van der Waals surface area contributed by atoms with Crippen LogP contribution in [0.5, 0.6) is 0 Å². The van der Waals surface area contributed by atoms with E-state index >= 15 is 0 Å². The summed E-state index contributed by atoms with van der Waals surface area (Å²) in [7, 11) is 4.04. The molecule has 0 fully saturated rings. The third-order valence-corrected chi connectivity index (χ3v) is 2.94. The molecule has 0 radical (unpaired) electrons.